The highest BCUT2D eigenvalue weighted by Crippen LogP contribution is 2.22. The number of carbonyl (C=O) groups is 1. The SMILES string of the molecule is CCCCCCCCCCCCCC=C[C@@H](O)[C@H](COC1OC(CO)C(O)C(O)C1O)NC(=O)CCCCCC. The molecule has 40 heavy (non-hydrogen) atoms. The molecular formula is C31H59NO8. The number of amides is 1. The van der Waals surface area contributed by atoms with Gasteiger partial charge in [-0.05, 0) is 19.3 Å². The van der Waals surface area contributed by atoms with Crippen LogP contribution in [0.15, 0.2) is 12.2 Å². The van der Waals surface area contributed by atoms with Gasteiger partial charge >= 0.3 is 0 Å². The third-order valence-corrected chi connectivity index (χ3v) is 7.61. The molecule has 5 unspecified atom stereocenters. The van der Waals surface area contributed by atoms with Crippen molar-refractivity contribution in [3.8, 4) is 0 Å². The van der Waals surface area contributed by atoms with Crippen LogP contribution in [0.5, 0.6) is 0 Å². The van der Waals surface area contributed by atoms with Gasteiger partial charge < -0.3 is 40.3 Å². The molecule has 6 N–H and O–H groups in total. The first-order valence-electron chi connectivity index (χ1n) is 15.9. The van der Waals surface area contributed by atoms with Crippen LogP contribution in [-0.2, 0) is 14.3 Å². The van der Waals surface area contributed by atoms with Crippen molar-refractivity contribution in [2.45, 2.75) is 166 Å². The number of nitrogens with one attached hydrogen (secondary N) is 1. The van der Waals surface area contributed by atoms with E-state index in [1.54, 1.807) is 6.08 Å². The minimum atomic E-state index is -1.56. The number of rotatable bonds is 24. The molecule has 1 heterocycles. The van der Waals surface area contributed by atoms with Gasteiger partial charge in [0, 0.05) is 6.42 Å². The lowest BCUT2D eigenvalue weighted by atomic mass is 9.99. The van der Waals surface area contributed by atoms with Crippen molar-refractivity contribution in [1.82, 2.24) is 5.32 Å². The Hall–Kier alpha value is -1.07. The third kappa shape index (κ3) is 15.8. The molecule has 1 rings (SSSR count). The van der Waals surface area contributed by atoms with E-state index >= 15 is 0 Å². The van der Waals surface area contributed by atoms with Gasteiger partial charge in [-0.2, -0.15) is 0 Å². The monoisotopic (exact) mass is 573 g/mol. The van der Waals surface area contributed by atoms with Crippen LogP contribution in [0.2, 0.25) is 0 Å². The lowest BCUT2D eigenvalue weighted by molar-refractivity contribution is -0.302. The van der Waals surface area contributed by atoms with E-state index in [4.69, 9.17) is 9.47 Å². The Labute approximate surface area is 242 Å². The number of ether oxygens (including phenoxy) is 2. The molecule has 236 valence electrons. The molecule has 9 heteroatoms. The second-order valence-electron chi connectivity index (χ2n) is 11.3. The molecule has 0 spiro atoms. The van der Waals surface area contributed by atoms with Crippen LogP contribution in [-0.4, -0.2) is 87.5 Å². The maximum absolute atomic E-state index is 12.5. The lowest BCUT2D eigenvalue weighted by Gasteiger charge is -2.40. The molecular weight excluding hydrogens is 514 g/mol. The van der Waals surface area contributed by atoms with Crippen LogP contribution in [0.4, 0.5) is 0 Å². The van der Waals surface area contributed by atoms with Gasteiger partial charge in [0.15, 0.2) is 6.29 Å². The minimum absolute atomic E-state index is 0.187. The summed E-state index contributed by atoms with van der Waals surface area (Å²) in [6, 6.07) is -0.792. The first-order valence-corrected chi connectivity index (χ1v) is 15.9. The maximum Gasteiger partial charge on any atom is 0.220 e. The normalized spacial score (nSPS) is 24.8. The first-order chi connectivity index (χ1) is 19.3. The highest BCUT2D eigenvalue weighted by molar-refractivity contribution is 5.76. The number of aliphatic hydroxyl groups is 5. The van der Waals surface area contributed by atoms with Crippen LogP contribution in [0.3, 0.4) is 0 Å². The quantitative estimate of drug-likeness (QED) is 0.0753. The summed E-state index contributed by atoms with van der Waals surface area (Å²) in [4.78, 5) is 12.5. The van der Waals surface area contributed by atoms with Crippen molar-refractivity contribution >= 4 is 5.91 Å². The standard InChI is InChI=1S/C31H59NO8/c1-3-5-7-9-10-11-12-13-14-15-16-17-18-20-25(34)24(32-27(35)21-19-8-6-4-2)23-39-31-30(38)29(37)28(36)26(22-33)40-31/h18,20,24-26,28-31,33-34,36-38H,3-17,19,21-23H2,1-2H3,(H,32,35)/t24-,25+,26?,28?,29?,30?,31?/m0/s1. The van der Waals surface area contributed by atoms with Crippen molar-refractivity contribution in [3.05, 3.63) is 12.2 Å². The Morgan fingerprint density at radius 2 is 1.38 bits per heavy atom. The summed E-state index contributed by atoms with van der Waals surface area (Å²) in [6.45, 7) is 3.59. The van der Waals surface area contributed by atoms with Crippen molar-refractivity contribution in [2.24, 2.45) is 0 Å². The molecule has 1 amide bonds. The smallest absolute Gasteiger partial charge is 0.220 e. The van der Waals surface area contributed by atoms with Crippen LogP contribution in [0.1, 0.15) is 123 Å². The summed E-state index contributed by atoms with van der Waals surface area (Å²) in [6.07, 6.45) is 14.6. The van der Waals surface area contributed by atoms with Gasteiger partial charge in [-0.15, -0.1) is 0 Å². The molecule has 1 saturated heterocycles. The second kappa shape index (κ2) is 23.5. The van der Waals surface area contributed by atoms with Gasteiger partial charge in [0.25, 0.3) is 0 Å². The molecule has 1 aliphatic rings. The van der Waals surface area contributed by atoms with Gasteiger partial charge in [0.05, 0.1) is 25.4 Å². The summed E-state index contributed by atoms with van der Waals surface area (Å²) in [5.41, 5.74) is 0. The summed E-state index contributed by atoms with van der Waals surface area (Å²) in [5.74, 6) is -0.198. The second-order valence-corrected chi connectivity index (χ2v) is 11.3. The Morgan fingerprint density at radius 3 is 1.95 bits per heavy atom. The van der Waals surface area contributed by atoms with E-state index in [1.165, 1.54) is 57.8 Å². The number of aliphatic hydroxyl groups excluding tert-OH is 5. The Kier molecular flexibility index (Phi) is 21.7. The summed E-state index contributed by atoms with van der Waals surface area (Å²) >= 11 is 0. The van der Waals surface area contributed by atoms with E-state index in [1.807, 2.05) is 6.08 Å². The van der Waals surface area contributed by atoms with Gasteiger partial charge in [-0.25, -0.2) is 0 Å². The zero-order chi connectivity index (χ0) is 29.6. The summed E-state index contributed by atoms with van der Waals surface area (Å²) in [5, 5.41) is 53.3. The largest absolute Gasteiger partial charge is 0.394 e. The predicted octanol–water partition coefficient (Wildman–Crippen LogP) is 3.88. The molecule has 0 bridgehead atoms. The summed E-state index contributed by atoms with van der Waals surface area (Å²) < 4.78 is 11.0. The fraction of sp³-hybridized carbons (Fsp3) is 0.903. The van der Waals surface area contributed by atoms with Gasteiger partial charge in [-0.3, -0.25) is 4.79 Å². The molecule has 0 aromatic carbocycles. The number of carbonyl (C=O) groups excluding carboxylic acids is 1. The Bertz CT molecular complexity index is 647. The Balaban J connectivity index is 2.49. The molecule has 0 aromatic rings. The maximum atomic E-state index is 12.5. The van der Waals surface area contributed by atoms with Crippen LogP contribution >= 0.6 is 0 Å². The number of unbranched alkanes of at least 4 members (excludes halogenated alkanes) is 14. The molecule has 1 fully saturated rings. The van der Waals surface area contributed by atoms with Crippen LogP contribution < -0.4 is 5.32 Å². The average molecular weight is 574 g/mol. The van der Waals surface area contributed by atoms with Gasteiger partial charge in [0.2, 0.25) is 5.91 Å². The van der Waals surface area contributed by atoms with Crippen molar-refractivity contribution in [2.75, 3.05) is 13.2 Å². The van der Waals surface area contributed by atoms with E-state index < -0.39 is 49.5 Å². The average Bonchev–Trinajstić information content (AvgIpc) is 2.95. The fourth-order valence-corrected chi connectivity index (χ4v) is 4.92. The van der Waals surface area contributed by atoms with E-state index in [2.05, 4.69) is 19.2 Å². The Morgan fingerprint density at radius 1 is 0.825 bits per heavy atom. The molecule has 1 aliphatic heterocycles. The van der Waals surface area contributed by atoms with Crippen LogP contribution in [0, 0.1) is 0 Å². The number of hydrogen-bond donors (Lipinski definition) is 6. The van der Waals surface area contributed by atoms with E-state index in [-0.39, 0.29) is 12.5 Å². The molecule has 9 nitrogen and oxygen atoms in total. The molecule has 0 radical (unpaired) electrons. The first kappa shape index (κ1) is 37.0. The molecule has 0 aliphatic carbocycles. The number of hydrogen-bond acceptors (Lipinski definition) is 8. The van der Waals surface area contributed by atoms with E-state index in [0.29, 0.717) is 6.42 Å². The predicted molar refractivity (Wildman–Crippen MR) is 157 cm³/mol. The molecule has 0 aromatic heterocycles. The third-order valence-electron chi connectivity index (χ3n) is 7.61. The zero-order valence-electron chi connectivity index (χ0n) is 25.1. The van der Waals surface area contributed by atoms with Gasteiger partial charge in [0.1, 0.15) is 24.4 Å². The topological polar surface area (TPSA) is 149 Å². The van der Waals surface area contributed by atoms with Crippen molar-refractivity contribution < 1.29 is 39.8 Å². The van der Waals surface area contributed by atoms with Crippen LogP contribution in [0.25, 0.3) is 0 Å². The minimum Gasteiger partial charge on any atom is -0.394 e. The van der Waals surface area contributed by atoms with Crippen molar-refractivity contribution in [1.29, 1.82) is 0 Å². The molecule has 0 saturated carbocycles. The van der Waals surface area contributed by atoms with Gasteiger partial charge in [-0.1, -0.05) is 109 Å². The number of allylic oxidation sites excluding steroid dienone is 1. The lowest BCUT2D eigenvalue weighted by Crippen LogP contribution is -2.60. The van der Waals surface area contributed by atoms with Crippen molar-refractivity contribution in [3.63, 3.8) is 0 Å². The molecule has 7 atom stereocenters. The van der Waals surface area contributed by atoms with E-state index in [9.17, 15) is 30.3 Å². The zero-order valence-corrected chi connectivity index (χ0v) is 25.1. The van der Waals surface area contributed by atoms with E-state index in [0.717, 1.165) is 44.9 Å². The summed E-state index contributed by atoms with van der Waals surface area (Å²) in [7, 11) is 0. The highest BCUT2D eigenvalue weighted by Gasteiger charge is 2.44. The highest BCUT2D eigenvalue weighted by atomic mass is 16.7. The fourth-order valence-electron chi connectivity index (χ4n) is 4.92.